The predicted molar refractivity (Wildman–Crippen MR) is 50.2 cm³/mol. The molecule has 1 saturated carbocycles. The van der Waals surface area contributed by atoms with Crippen LogP contribution in [0.1, 0.15) is 38.5 Å². The van der Waals surface area contributed by atoms with E-state index in [0.717, 1.165) is 25.7 Å². The minimum absolute atomic E-state index is 0.158. The molecule has 0 radical (unpaired) electrons. The van der Waals surface area contributed by atoms with Crippen molar-refractivity contribution < 1.29 is 4.79 Å². The predicted octanol–water partition coefficient (Wildman–Crippen LogP) is 0.468. The highest BCUT2D eigenvalue weighted by atomic mass is 16.2. The molecule has 1 fully saturated rings. The van der Waals surface area contributed by atoms with E-state index in [1.54, 1.807) is 0 Å². The van der Waals surface area contributed by atoms with Crippen LogP contribution < -0.4 is 17.1 Å². The van der Waals surface area contributed by atoms with E-state index in [4.69, 9.17) is 11.7 Å². The third-order valence-corrected chi connectivity index (χ3v) is 2.58. The second-order valence-electron chi connectivity index (χ2n) is 3.50. The van der Waals surface area contributed by atoms with Gasteiger partial charge in [-0.2, -0.15) is 0 Å². The molecule has 5 heteroatoms. The molecule has 0 saturated heterocycles. The number of rotatable bonds is 1. The van der Waals surface area contributed by atoms with Crippen LogP contribution >= 0.6 is 0 Å². The van der Waals surface area contributed by atoms with Crippen LogP contribution in [0.3, 0.4) is 0 Å². The first-order valence-electron chi connectivity index (χ1n) is 4.80. The first kappa shape index (κ1) is 10.3. The molecule has 1 aliphatic carbocycles. The number of nitrogens with zero attached hydrogens (tertiary/aromatic N) is 1. The number of amides is 2. The van der Waals surface area contributed by atoms with E-state index in [2.05, 4.69) is 0 Å². The molecular weight excluding hydrogens is 168 g/mol. The van der Waals surface area contributed by atoms with Gasteiger partial charge in [-0.15, -0.1) is 0 Å². The van der Waals surface area contributed by atoms with Crippen molar-refractivity contribution >= 4 is 6.03 Å². The Morgan fingerprint density at radius 2 is 1.77 bits per heavy atom. The van der Waals surface area contributed by atoms with Gasteiger partial charge in [0, 0.05) is 6.04 Å². The van der Waals surface area contributed by atoms with Crippen LogP contribution in [0.2, 0.25) is 0 Å². The lowest BCUT2D eigenvalue weighted by Gasteiger charge is -2.25. The summed E-state index contributed by atoms with van der Waals surface area (Å²) in [6, 6.07) is -0.238. The number of carbonyl (C=O) groups excluding carboxylic acids is 1. The lowest BCUT2D eigenvalue weighted by atomic mass is 10.1. The van der Waals surface area contributed by atoms with Crippen LogP contribution in [0.5, 0.6) is 0 Å². The minimum atomic E-state index is -0.396. The quantitative estimate of drug-likeness (QED) is 0.241. The van der Waals surface area contributed by atoms with Gasteiger partial charge >= 0.3 is 6.03 Å². The lowest BCUT2D eigenvalue weighted by molar-refractivity contribution is 0.168. The maximum Gasteiger partial charge on any atom is 0.345 e. The number of hydrogen-bond donors (Lipinski definition) is 3. The normalized spacial score (nSPS) is 19.2. The Balaban J connectivity index is 2.43. The van der Waals surface area contributed by atoms with Crippen LogP contribution in [0.15, 0.2) is 0 Å². The third kappa shape index (κ3) is 2.86. The highest BCUT2D eigenvalue weighted by Crippen LogP contribution is 2.19. The summed E-state index contributed by atoms with van der Waals surface area (Å²) in [5.74, 6) is 10.6. The molecule has 0 aromatic carbocycles. The summed E-state index contributed by atoms with van der Waals surface area (Å²) in [7, 11) is 0. The van der Waals surface area contributed by atoms with E-state index in [9.17, 15) is 4.79 Å². The fourth-order valence-electron chi connectivity index (χ4n) is 1.78. The molecule has 0 spiro atoms. The van der Waals surface area contributed by atoms with Crippen molar-refractivity contribution in [2.45, 2.75) is 44.6 Å². The first-order chi connectivity index (χ1) is 6.25. The monoisotopic (exact) mass is 186 g/mol. The molecule has 76 valence electrons. The Bertz CT molecular complexity index is 166. The molecule has 1 rings (SSSR count). The van der Waals surface area contributed by atoms with Crippen molar-refractivity contribution in [3.05, 3.63) is 0 Å². The molecule has 0 unspecified atom stereocenters. The van der Waals surface area contributed by atoms with Crippen molar-refractivity contribution in [1.82, 2.24) is 10.4 Å². The van der Waals surface area contributed by atoms with Crippen LogP contribution in [0.4, 0.5) is 4.79 Å². The molecular formula is C8H18N4O. The summed E-state index contributed by atoms with van der Waals surface area (Å²) in [4.78, 5) is 11.1. The average molecular weight is 186 g/mol. The first-order valence-corrected chi connectivity index (χ1v) is 4.80. The molecule has 0 atom stereocenters. The van der Waals surface area contributed by atoms with E-state index < -0.39 is 6.03 Å². The largest absolute Gasteiger partial charge is 0.345 e. The van der Waals surface area contributed by atoms with Gasteiger partial charge in [0.1, 0.15) is 0 Å². The second kappa shape index (κ2) is 5.04. The van der Waals surface area contributed by atoms with Gasteiger partial charge in [0.25, 0.3) is 0 Å². The Labute approximate surface area is 78.4 Å². The maximum atomic E-state index is 11.1. The number of hydrazine groups is 2. The highest BCUT2D eigenvalue weighted by Gasteiger charge is 2.20. The van der Waals surface area contributed by atoms with Crippen molar-refractivity contribution in [3.8, 4) is 0 Å². The standard InChI is InChI=1S/C8H18N4O/c9-11-8(13)12(10)7-5-3-1-2-4-6-7/h7H,1-6,9-10H2,(H,11,13). The van der Waals surface area contributed by atoms with Gasteiger partial charge in [-0.05, 0) is 12.8 Å². The molecule has 0 aliphatic heterocycles. The van der Waals surface area contributed by atoms with Gasteiger partial charge in [-0.25, -0.2) is 16.5 Å². The fraction of sp³-hybridized carbons (Fsp3) is 0.875. The van der Waals surface area contributed by atoms with Gasteiger partial charge in [0.2, 0.25) is 0 Å². The highest BCUT2D eigenvalue weighted by molar-refractivity contribution is 5.73. The fourth-order valence-corrected chi connectivity index (χ4v) is 1.78. The SMILES string of the molecule is NNC(=O)N(N)C1CCCCCC1. The number of nitrogens with one attached hydrogen (secondary N) is 1. The van der Waals surface area contributed by atoms with Crippen LogP contribution in [0.25, 0.3) is 0 Å². The van der Waals surface area contributed by atoms with E-state index >= 15 is 0 Å². The Morgan fingerprint density at radius 1 is 1.23 bits per heavy atom. The molecule has 0 aromatic rings. The zero-order chi connectivity index (χ0) is 9.68. The number of urea groups is 1. The zero-order valence-corrected chi connectivity index (χ0v) is 7.83. The summed E-state index contributed by atoms with van der Waals surface area (Å²) in [5.41, 5.74) is 2.04. The van der Waals surface area contributed by atoms with E-state index in [0.29, 0.717) is 0 Å². The van der Waals surface area contributed by atoms with Crippen molar-refractivity contribution in [2.24, 2.45) is 11.7 Å². The molecule has 0 aromatic heterocycles. The molecule has 1 aliphatic rings. The van der Waals surface area contributed by atoms with E-state index in [1.165, 1.54) is 17.9 Å². The molecule has 5 nitrogen and oxygen atoms in total. The maximum absolute atomic E-state index is 11.1. The Morgan fingerprint density at radius 3 is 2.23 bits per heavy atom. The van der Waals surface area contributed by atoms with Gasteiger partial charge < -0.3 is 0 Å². The number of hydrogen-bond acceptors (Lipinski definition) is 3. The minimum Gasteiger partial charge on any atom is -0.275 e. The van der Waals surface area contributed by atoms with Gasteiger partial charge in [0.15, 0.2) is 0 Å². The van der Waals surface area contributed by atoms with Crippen molar-refractivity contribution in [3.63, 3.8) is 0 Å². The zero-order valence-electron chi connectivity index (χ0n) is 7.83. The molecule has 0 heterocycles. The smallest absolute Gasteiger partial charge is 0.275 e. The van der Waals surface area contributed by atoms with Crippen LogP contribution in [-0.4, -0.2) is 17.1 Å². The summed E-state index contributed by atoms with van der Waals surface area (Å²) < 4.78 is 0. The van der Waals surface area contributed by atoms with Gasteiger partial charge in [0.05, 0.1) is 0 Å². The second-order valence-corrected chi connectivity index (χ2v) is 3.50. The van der Waals surface area contributed by atoms with E-state index in [-0.39, 0.29) is 6.04 Å². The molecule has 5 N–H and O–H groups in total. The third-order valence-electron chi connectivity index (χ3n) is 2.58. The molecule has 0 bridgehead atoms. The van der Waals surface area contributed by atoms with Gasteiger partial charge in [-0.1, -0.05) is 25.7 Å². The summed E-state index contributed by atoms with van der Waals surface area (Å²) in [6.07, 6.45) is 6.77. The van der Waals surface area contributed by atoms with Crippen LogP contribution in [-0.2, 0) is 0 Å². The number of carbonyl (C=O) groups is 1. The Hall–Kier alpha value is -0.810. The van der Waals surface area contributed by atoms with Crippen molar-refractivity contribution in [2.75, 3.05) is 0 Å². The topological polar surface area (TPSA) is 84.4 Å². The Kier molecular flexibility index (Phi) is 3.98. The molecule has 2 amide bonds. The van der Waals surface area contributed by atoms with Crippen molar-refractivity contribution in [1.29, 1.82) is 0 Å². The lowest BCUT2D eigenvalue weighted by Crippen LogP contribution is -2.52. The summed E-state index contributed by atoms with van der Waals surface area (Å²) in [5, 5.41) is 1.23. The summed E-state index contributed by atoms with van der Waals surface area (Å²) in [6.45, 7) is 0. The number of nitrogens with two attached hydrogens (primary N) is 2. The summed E-state index contributed by atoms with van der Waals surface area (Å²) >= 11 is 0. The van der Waals surface area contributed by atoms with Gasteiger partial charge in [-0.3, -0.25) is 10.4 Å². The average Bonchev–Trinajstić information content (AvgIpc) is 2.43. The molecule has 13 heavy (non-hydrogen) atoms. The van der Waals surface area contributed by atoms with E-state index in [1.807, 2.05) is 5.43 Å². The van der Waals surface area contributed by atoms with Crippen LogP contribution in [0, 0.1) is 0 Å².